The summed E-state index contributed by atoms with van der Waals surface area (Å²) < 4.78 is 5.24. The second-order valence-electron chi connectivity index (χ2n) is 7.41. The number of thioether (sulfide) groups is 1. The summed E-state index contributed by atoms with van der Waals surface area (Å²) in [5.41, 5.74) is -0.255. The maximum absolute atomic E-state index is 12.5. The largest absolute Gasteiger partial charge is 0.464 e. The molecule has 1 aliphatic carbocycles. The van der Waals surface area contributed by atoms with Gasteiger partial charge in [0.2, 0.25) is 0 Å². The Bertz CT molecular complexity index is 841. The van der Waals surface area contributed by atoms with E-state index in [2.05, 4.69) is 19.9 Å². The molecule has 9 nitrogen and oxygen atoms in total. The van der Waals surface area contributed by atoms with E-state index in [0.717, 1.165) is 25.7 Å². The lowest BCUT2D eigenvalue weighted by atomic mass is 10.0. The predicted molar refractivity (Wildman–Crippen MR) is 101 cm³/mol. The smallest absolute Gasteiger partial charge is 0.425 e. The zero-order valence-electron chi connectivity index (χ0n) is 15.6. The molecule has 1 saturated carbocycles. The SMILES string of the molecule is CC(C)(C)OC(=O)N(C(=O)O)c1nc(SC2CCCCC2)nc2nc[nH]c12. The molecule has 10 heteroatoms. The second kappa shape index (κ2) is 7.71. The molecule has 1 fully saturated rings. The van der Waals surface area contributed by atoms with E-state index in [9.17, 15) is 14.7 Å². The number of aromatic nitrogens is 4. The number of ether oxygens (including phenoxy) is 1. The minimum Gasteiger partial charge on any atom is -0.464 e. The van der Waals surface area contributed by atoms with Gasteiger partial charge in [0.1, 0.15) is 11.1 Å². The normalized spacial score (nSPS) is 15.7. The van der Waals surface area contributed by atoms with E-state index in [1.54, 1.807) is 20.8 Å². The van der Waals surface area contributed by atoms with Crippen molar-refractivity contribution in [2.24, 2.45) is 0 Å². The van der Waals surface area contributed by atoms with Crippen molar-refractivity contribution in [3.05, 3.63) is 6.33 Å². The number of rotatable bonds is 3. The molecule has 0 unspecified atom stereocenters. The van der Waals surface area contributed by atoms with E-state index in [-0.39, 0.29) is 11.3 Å². The third kappa shape index (κ3) is 4.68. The summed E-state index contributed by atoms with van der Waals surface area (Å²) in [4.78, 5) is 40.5. The van der Waals surface area contributed by atoms with E-state index >= 15 is 0 Å². The van der Waals surface area contributed by atoms with Crippen LogP contribution in [-0.2, 0) is 4.74 Å². The summed E-state index contributed by atoms with van der Waals surface area (Å²) in [5.74, 6) is -0.0717. The van der Waals surface area contributed by atoms with E-state index in [0.29, 0.717) is 21.0 Å². The minimum atomic E-state index is -1.48. The van der Waals surface area contributed by atoms with Gasteiger partial charge in [-0.05, 0) is 33.6 Å². The summed E-state index contributed by atoms with van der Waals surface area (Å²) in [7, 11) is 0. The quantitative estimate of drug-likeness (QED) is 0.744. The zero-order chi connectivity index (χ0) is 19.6. The van der Waals surface area contributed by atoms with Crippen LogP contribution in [0.5, 0.6) is 0 Å². The number of hydrogen-bond acceptors (Lipinski definition) is 7. The molecule has 2 aromatic rings. The van der Waals surface area contributed by atoms with Gasteiger partial charge in [-0.3, -0.25) is 0 Å². The van der Waals surface area contributed by atoms with E-state index < -0.39 is 17.8 Å². The van der Waals surface area contributed by atoms with Crippen LogP contribution in [0.4, 0.5) is 15.4 Å². The fraction of sp³-hybridized carbons (Fsp3) is 0.588. The number of aromatic amines is 1. The van der Waals surface area contributed by atoms with E-state index in [1.807, 2.05) is 0 Å². The van der Waals surface area contributed by atoms with Gasteiger partial charge in [-0.15, -0.1) is 0 Å². The molecule has 1 aliphatic rings. The van der Waals surface area contributed by atoms with Crippen LogP contribution in [0, 0.1) is 0 Å². The number of hydrogen-bond donors (Lipinski definition) is 2. The summed E-state index contributed by atoms with van der Waals surface area (Å²) in [6.07, 6.45) is 4.58. The Morgan fingerprint density at radius 1 is 1.26 bits per heavy atom. The Morgan fingerprint density at radius 3 is 2.59 bits per heavy atom. The second-order valence-corrected chi connectivity index (χ2v) is 8.67. The van der Waals surface area contributed by atoms with E-state index in [4.69, 9.17) is 4.74 Å². The number of carbonyl (C=O) groups excluding carboxylic acids is 1. The molecule has 0 saturated heterocycles. The van der Waals surface area contributed by atoms with Crippen molar-refractivity contribution < 1.29 is 19.4 Å². The minimum absolute atomic E-state index is 0.0717. The van der Waals surface area contributed by atoms with Crippen LogP contribution in [-0.4, -0.2) is 48.1 Å². The molecule has 0 aromatic carbocycles. The third-order valence-corrected chi connectivity index (χ3v) is 5.25. The van der Waals surface area contributed by atoms with Gasteiger partial charge in [-0.2, -0.15) is 4.90 Å². The number of carbonyl (C=O) groups is 2. The molecule has 2 amide bonds. The molecule has 3 rings (SSSR count). The highest BCUT2D eigenvalue weighted by molar-refractivity contribution is 7.99. The molecule has 2 aromatic heterocycles. The lowest BCUT2D eigenvalue weighted by Crippen LogP contribution is -2.41. The van der Waals surface area contributed by atoms with Crippen molar-refractivity contribution in [2.45, 2.75) is 68.9 Å². The Hall–Kier alpha value is -2.36. The van der Waals surface area contributed by atoms with Gasteiger partial charge in [0.15, 0.2) is 16.6 Å². The first kappa shape index (κ1) is 19.4. The molecule has 27 heavy (non-hydrogen) atoms. The molecule has 146 valence electrons. The standard InChI is InChI=1S/C17H23N5O4S/c1-17(2,3)26-16(25)22(15(23)24)13-11-12(19-9-18-11)20-14(21-13)27-10-7-5-4-6-8-10/h9-10H,4-8H2,1-3H3,(H,23,24)(H,18,19,20,21). The molecule has 0 spiro atoms. The maximum atomic E-state index is 12.5. The van der Waals surface area contributed by atoms with Gasteiger partial charge < -0.3 is 14.8 Å². The molecule has 0 radical (unpaired) electrons. The maximum Gasteiger partial charge on any atom is 0.425 e. The molecule has 2 heterocycles. The number of carboxylic acid groups (broad SMARTS) is 1. The van der Waals surface area contributed by atoms with Crippen LogP contribution in [0.25, 0.3) is 11.2 Å². The molecular weight excluding hydrogens is 370 g/mol. The van der Waals surface area contributed by atoms with Crippen molar-refractivity contribution in [3.63, 3.8) is 0 Å². The first-order chi connectivity index (χ1) is 12.7. The van der Waals surface area contributed by atoms with Crippen molar-refractivity contribution in [1.29, 1.82) is 0 Å². The van der Waals surface area contributed by atoms with Crippen LogP contribution in [0.15, 0.2) is 11.5 Å². The molecular formula is C17H23N5O4S. The Morgan fingerprint density at radius 2 is 1.96 bits per heavy atom. The topological polar surface area (TPSA) is 121 Å². The number of amides is 2. The van der Waals surface area contributed by atoms with Crippen LogP contribution < -0.4 is 4.90 Å². The lowest BCUT2D eigenvalue weighted by molar-refractivity contribution is 0.0581. The summed E-state index contributed by atoms with van der Waals surface area (Å²) in [6, 6.07) is 0. The van der Waals surface area contributed by atoms with Gasteiger partial charge in [0, 0.05) is 5.25 Å². The molecule has 0 bridgehead atoms. The van der Waals surface area contributed by atoms with Gasteiger partial charge in [-0.25, -0.2) is 24.5 Å². The lowest BCUT2D eigenvalue weighted by Gasteiger charge is -2.24. The molecule has 2 N–H and O–H groups in total. The fourth-order valence-electron chi connectivity index (χ4n) is 2.91. The highest BCUT2D eigenvalue weighted by Crippen LogP contribution is 2.34. The molecule has 0 aliphatic heterocycles. The van der Waals surface area contributed by atoms with Crippen LogP contribution >= 0.6 is 11.8 Å². The van der Waals surface area contributed by atoms with Crippen LogP contribution in [0.2, 0.25) is 0 Å². The fourth-order valence-corrected chi connectivity index (χ4v) is 4.05. The number of anilines is 1. The number of nitrogens with one attached hydrogen (secondary N) is 1. The highest BCUT2D eigenvalue weighted by atomic mass is 32.2. The van der Waals surface area contributed by atoms with Gasteiger partial charge >= 0.3 is 12.2 Å². The monoisotopic (exact) mass is 393 g/mol. The van der Waals surface area contributed by atoms with Crippen LogP contribution in [0.1, 0.15) is 52.9 Å². The number of nitrogens with zero attached hydrogens (tertiary/aromatic N) is 4. The number of fused-ring (bicyclic) bond motifs is 1. The number of imidazole rings is 1. The van der Waals surface area contributed by atoms with Crippen molar-refractivity contribution in [1.82, 2.24) is 19.9 Å². The Labute approximate surface area is 160 Å². The summed E-state index contributed by atoms with van der Waals surface area (Å²) in [6.45, 7) is 5.00. The number of imide groups is 1. The van der Waals surface area contributed by atoms with Crippen molar-refractivity contribution >= 4 is 40.9 Å². The average Bonchev–Trinajstić information content (AvgIpc) is 3.02. The Kier molecular flexibility index (Phi) is 5.54. The Balaban J connectivity index is 1.98. The van der Waals surface area contributed by atoms with Gasteiger partial charge in [0.25, 0.3) is 0 Å². The highest BCUT2D eigenvalue weighted by Gasteiger charge is 2.32. The number of H-pyrrole nitrogens is 1. The summed E-state index contributed by atoms with van der Waals surface area (Å²) in [5, 5.41) is 10.4. The van der Waals surface area contributed by atoms with Crippen molar-refractivity contribution in [3.8, 4) is 0 Å². The summed E-state index contributed by atoms with van der Waals surface area (Å²) >= 11 is 1.50. The zero-order valence-corrected chi connectivity index (χ0v) is 16.4. The predicted octanol–water partition coefficient (Wildman–Crippen LogP) is 4.20. The average molecular weight is 393 g/mol. The first-order valence-electron chi connectivity index (χ1n) is 8.88. The van der Waals surface area contributed by atoms with Gasteiger partial charge in [0.05, 0.1) is 6.33 Å². The van der Waals surface area contributed by atoms with Gasteiger partial charge in [-0.1, -0.05) is 31.0 Å². The van der Waals surface area contributed by atoms with Crippen LogP contribution in [0.3, 0.4) is 0 Å². The molecule has 0 atom stereocenters. The first-order valence-corrected chi connectivity index (χ1v) is 9.76. The van der Waals surface area contributed by atoms with Crippen molar-refractivity contribution in [2.75, 3.05) is 4.90 Å². The van der Waals surface area contributed by atoms with E-state index in [1.165, 1.54) is 24.5 Å². The third-order valence-electron chi connectivity index (χ3n) is 4.05.